The van der Waals surface area contributed by atoms with Crippen molar-refractivity contribution in [3.05, 3.63) is 0 Å². The lowest BCUT2D eigenvalue weighted by atomic mass is 9.89. The molecule has 0 heterocycles. The summed E-state index contributed by atoms with van der Waals surface area (Å²) in [5, 5.41) is -3.45. The number of hydrogen-bond donors (Lipinski definition) is 0. The van der Waals surface area contributed by atoms with Gasteiger partial charge in [-0.2, -0.15) is 0 Å². The third kappa shape index (κ3) is 0.723. The first-order valence-electron chi connectivity index (χ1n) is 2.27. The lowest BCUT2D eigenvalue weighted by molar-refractivity contribution is -0.210. The van der Waals surface area contributed by atoms with Crippen LogP contribution in [-0.4, -0.2) is 17.2 Å². The van der Waals surface area contributed by atoms with Gasteiger partial charge in [0.2, 0.25) is 0 Å². The second-order valence-electron chi connectivity index (χ2n) is 2.00. The Balaban J connectivity index is 2.70. The summed E-state index contributed by atoms with van der Waals surface area (Å²) < 4.78 is 47.5. The van der Waals surface area contributed by atoms with Crippen LogP contribution in [0.15, 0.2) is 0 Å². The molecule has 1 rings (SSSR count). The number of rotatable bonds is 0. The van der Waals surface area contributed by atoms with E-state index in [9.17, 15) is 17.6 Å². The summed E-state index contributed by atoms with van der Waals surface area (Å²) in [6, 6.07) is 0. The highest BCUT2D eigenvalue weighted by molar-refractivity contribution is 6.24. The van der Waals surface area contributed by atoms with Gasteiger partial charge in [-0.3, -0.25) is 0 Å². The van der Waals surface area contributed by atoms with Gasteiger partial charge in [-0.05, 0) is 0 Å². The van der Waals surface area contributed by atoms with Crippen LogP contribution < -0.4 is 0 Å². The summed E-state index contributed by atoms with van der Waals surface area (Å²) in [6.07, 6.45) is -3.33. The molecule has 2 unspecified atom stereocenters. The van der Waals surface area contributed by atoms with Crippen LogP contribution in [0.3, 0.4) is 0 Å². The third-order valence-electron chi connectivity index (χ3n) is 1.32. The monoisotopic (exact) mass is 162 g/mol. The molecular weight excluding hydrogens is 159 g/mol. The highest BCUT2D eigenvalue weighted by Crippen LogP contribution is 2.54. The Morgan fingerprint density at radius 1 is 1.33 bits per heavy atom. The maximum absolute atomic E-state index is 12.0. The van der Waals surface area contributed by atoms with Crippen LogP contribution in [0, 0.1) is 0 Å². The highest BCUT2D eigenvalue weighted by Gasteiger charge is 2.70. The standard InChI is InChI=1S/C4H3ClF4/c5-4(9)2(6)1-3(4,7)8/h2H,1H2. The zero-order chi connectivity index (χ0) is 7.28. The van der Waals surface area contributed by atoms with E-state index in [4.69, 9.17) is 0 Å². The molecule has 0 aliphatic heterocycles. The Labute approximate surface area is 53.8 Å². The highest BCUT2D eigenvalue weighted by atomic mass is 35.5. The van der Waals surface area contributed by atoms with E-state index in [0.717, 1.165) is 0 Å². The lowest BCUT2D eigenvalue weighted by Gasteiger charge is -2.40. The van der Waals surface area contributed by atoms with Gasteiger partial charge in [-0.25, -0.2) is 17.6 Å². The zero-order valence-corrected chi connectivity index (χ0v) is 4.93. The topological polar surface area (TPSA) is 0 Å². The molecule has 2 atom stereocenters. The van der Waals surface area contributed by atoms with Crippen molar-refractivity contribution in [2.45, 2.75) is 23.6 Å². The molecule has 0 radical (unpaired) electrons. The minimum atomic E-state index is -3.69. The Kier molecular flexibility index (Phi) is 1.22. The Hall–Kier alpha value is 0.01000. The summed E-state index contributed by atoms with van der Waals surface area (Å²) in [5.74, 6) is -3.69. The van der Waals surface area contributed by atoms with Gasteiger partial charge < -0.3 is 0 Å². The van der Waals surface area contributed by atoms with Crippen molar-refractivity contribution in [2.75, 3.05) is 0 Å². The quantitative estimate of drug-likeness (QED) is 0.379. The van der Waals surface area contributed by atoms with Gasteiger partial charge in [-0.1, -0.05) is 11.6 Å². The molecule has 0 aromatic rings. The fourth-order valence-corrected chi connectivity index (χ4v) is 0.742. The van der Waals surface area contributed by atoms with Crippen molar-refractivity contribution < 1.29 is 17.6 Å². The van der Waals surface area contributed by atoms with E-state index >= 15 is 0 Å². The van der Waals surface area contributed by atoms with E-state index in [2.05, 4.69) is 11.6 Å². The maximum Gasteiger partial charge on any atom is 0.301 e. The molecule has 1 fully saturated rings. The molecule has 0 saturated heterocycles. The van der Waals surface area contributed by atoms with Gasteiger partial charge >= 0.3 is 5.92 Å². The van der Waals surface area contributed by atoms with Crippen LogP contribution in [0.5, 0.6) is 0 Å². The Bertz CT molecular complexity index is 133. The molecule has 0 aromatic carbocycles. The molecule has 0 spiro atoms. The fraction of sp³-hybridized carbons (Fsp3) is 1.00. The fourth-order valence-electron chi connectivity index (χ4n) is 0.587. The summed E-state index contributed by atoms with van der Waals surface area (Å²) >= 11 is 4.45. The van der Waals surface area contributed by atoms with Gasteiger partial charge in [0.15, 0.2) is 6.17 Å². The van der Waals surface area contributed by atoms with Crippen molar-refractivity contribution in [1.29, 1.82) is 0 Å². The first kappa shape index (κ1) is 7.12. The summed E-state index contributed by atoms with van der Waals surface area (Å²) in [7, 11) is 0. The normalized spacial score (nSPS) is 48.3. The Morgan fingerprint density at radius 2 is 1.78 bits per heavy atom. The van der Waals surface area contributed by atoms with Crippen molar-refractivity contribution in [3.8, 4) is 0 Å². The molecule has 0 bridgehead atoms. The van der Waals surface area contributed by atoms with Gasteiger partial charge in [-0.15, -0.1) is 0 Å². The van der Waals surface area contributed by atoms with Crippen LogP contribution in [0.25, 0.3) is 0 Å². The molecule has 0 amide bonds. The molecular formula is C4H3ClF4. The average Bonchev–Trinajstić information content (AvgIpc) is 1.65. The molecule has 0 aromatic heterocycles. The smallest absolute Gasteiger partial charge is 0.242 e. The van der Waals surface area contributed by atoms with Gasteiger partial charge in [0.05, 0.1) is 6.42 Å². The third-order valence-corrected chi connectivity index (χ3v) is 1.83. The molecule has 0 N–H and O–H groups in total. The molecule has 54 valence electrons. The molecule has 1 saturated carbocycles. The zero-order valence-electron chi connectivity index (χ0n) is 4.17. The second-order valence-corrected chi connectivity index (χ2v) is 2.55. The first-order chi connectivity index (χ1) is 3.88. The molecule has 1 aliphatic carbocycles. The number of alkyl halides is 5. The van der Waals surface area contributed by atoms with Crippen LogP contribution in [0.4, 0.5) is 17.6 Å². The van der Waals surface area contributed by atoms with Crippen LogP contribution in [-0.2, 0) is 0 Å². The maximum atomic E-state index is 12.0. The molecule has 1 aliphatic rings. The largest absolute Gasteiger partial charge is 0.301 e. The predicted octanol–water partition coefficient (Wildman–Crippen LogP) is 2.27. The van der Waals surface area contributed by atoms with E-state index in [1.165, 1.54) is 0 Å². The minimum absolute atomic E-state index is 1.10. The minimum Gasteiger partial charge on any atom is -0.242 e. The average molecular weight is 163 g/mol. The predicted molar refractivity (Wildman–Crippen MR) is 24.2 cm³/mol. The summed E-state index contributed by atoms with van der Waals surface area (Å²) in [5.41, 5.74) is 0. The van der Waals surface area contributed by atoms with E-state index in [0.29, 0.717) is 0 Å². The first-order valence-corrected chi connectivity index (χ1v) is 2.65. The summed E-state index contributed by atoms with van der Waals surface area (Å²) in [4.78, 5) is 0. The van der Waals surface area contributed by atoms with Gasteiger partial charge in [0.1, 0.15) is 0 Å². The van der Waals surface area contributed by atoms with E-state index in [1.807, 2.05) is 0 Å². The van der Waals surface area contributed by atoms with Crippen LogP contribution in [0.2, 0.25) is 0 Å². The van der Waals surface area contributed by atoms with Crippen LogP contribution in [0.1, 0.15) is 6.42 Å². The van der Waals surface area contributed by atoms with E-state index in [-0.39, 0.29) is 0 Å². The Morgan fingerprint density at radius 3 is 1.78 bits per heavy atom. The molecule has 5 heteroatoms. The number of hydrogen-bond acceptors (Lipinski definition) is 0. The van der Waals surface area contributed by atoms with E-state index < -0.39 is 23.6 Å². The molecule has 0 nitrogen and oxygen atoms in total. The van der Waals surface area contributed by atoms with Crippen molar-refractivity contribution >= 4 is 11.6 Å². The van der Waals surface area contributed by atoms with Crippen LogP contribution >= 0.6 is 11.6 Å². The van der Waals surface area contributed by atoms with E-state index in [1.54, 1.807) is 0 Å². The van der Waals surface area contributed by atoms with Gasteiger partial charge in [0, 0.05) is 0 Å². The number of halogens is 5. The van der Waals surface area contributed by atoms with Crippen molar-refractivity contribution in [2.24, 2.45) is 0 Å². The lowest BCUT2D eigenvalue weighted by Crippen LogP contribution is -2.59. The molecule has 9 heavy (non-hydrogen) atoms. The SMILES string of the molecule is FC1CC(F)(F)C1(F)Cl. The van der Waals surface area contributed by atoms with Crippen molar-refractivity contribution in [1.82, 2.24) is 0 Å². The van der Waals surface area contributed by atoms with Crippen molar-refractivity contribution in [3.63, 3.8) is 0 Å². The summed E-state index contributed by atoms with van der Waals surface area (Å²) in [6.45, 7) is 0. The second kappa shape index (κ2) is 1.54. The van der Waals surface area contributed by atoms with Gasteiger partial charge in [0.25, 0.3) is 5.13 Å².